The largest absolute Gasteiger partial charge is 0.304 e. The van der Waals surface area contributed by atoms with Gasteiger partial charge in [-0.2, -0.15) is 0 Å². The van der Waals surface area contributed by atoms with Crippen molar-refractivity contribution in [1.29, 1.82) is 0 Å². The summed E-state index contributed by atoms with van der Waals surface area (Å²) in [5, 5.41) is 4.95. The molecule has 0 aromatic heterocycles. The van der Waals surface area contributed by atoms with Crippen LogP contribution in [0.2, 0.25) is 10.0 Å². The molecular weight excluding hydrogens is 289 g/mol. The van der Waals surface area contributed by atoms with Crippen LogP contribution in [0.25, 0.3) is 0 Å². The molecule has 2 atom stereocenters. The van der Waals surface area contributed by atoms with E-state index in [1.807, 2.05) is 12.1 Å². The first-order valence-corrected chi connectivity index (χ1v) is 7.51. The van der Waals surface area contributed by atoms with Crippen LogP contribution in [0.5, 0.6) is 0 Å². The molecule has 0 aliphatic rings. The summed E-state index contributed by atoms with van der Waals surface area (Å²) in [4.78, 5) is 0. The second-order valence-corrected chi connectivity index (χ2v) is 5.98. The van der Waals surface area contributed by atoms with Crippen molar-refractivity contribution in [3.8, 4) is 0 Å². The Morgan fingerprint density at radius 2 is 1.55 bits per heavy atom. The van der Waals surface area contributed by atoms with Gasteiger partial charge >= 0.3 is 0 Å². The first kappa shape index (κ1) is 15.4. The summed E-state index contributed by atoms with van der Waals surface area (Å²) < 4.78 is 0. The van der Waals surface area contributed by atoms with Gasteiger partial charge in [-0.1, -0.05) is 53.5 Å². The molecule has 1 nitrogen and oxygen atoms in total. The Bertz CT molecular complexity index is 595. The van der Waals surface area contributed by atoms with E-state index in [0.717, 1.165) is 5.56 Å². The SMILES string of the molecule is Cc1ccccc1C(C)NC(C)c1ccc(Cl)cc1Cl. The molecule has 106 valence electrons. The molecule has 3 heteroatoms. The fraction of sp³-hybridized carbons (Fsp3) is 0.294. The molecule has 0 fully saturated rings. The Balaban J connectivity index is 2.15. The fourth-order valence-electron chi connectivity index (χ4n) is 2.48. The van der Waals surface area contributed by atoms with Crippen molar-refractivity contribution in [3.05, 3.63) is 69.2 Å². The van der Waals surface area contributed by atoms with E-state index in [-0.39, 0.29) is 12.1 Å². The smallest absolute Gasteiger partial charge is 0.0468 e. The number of hydrogen-bond donors (Lipinski definition) is 1. The Labute approximate surface area is 130 Å². The van der Waals surface area contributed by atoms with E-state index in [4.69, 9.17) is 23.2 Å². The second kappa shape index (κ2) is 6.62. The highest BCUT2D eigenvalue weighted by molar-refractivity contribution is 6.35. The fourth-order valence-corrected chi connectivity index (χ4v) is 3.05. The third kappa shape index (κ3) is 3.54. The van der Waals surface area contributed by atoms with Crippen molar-refractivity contribution in [2.45, 2.75) is 32.9 Å². The number of rotatable bonds is 4. The normalized spacial score (nSPS) is 14.1. The molecule has 0 radical (unpaired) electrons. The van der Waals surface area contributed by atoms with E-state index in [1.165, 1.54) is 11.1 Å². The molecule has 2 rings (SSSR count). The van der Waals surface area contributed by atoms with Gasteiger partial charge in [-0.15, -0.1) is 0 Å². The quantitative estimate of drug-likeness (QED) is 0.762. The molecule has 0 saturated carbocycles. The average Bonchev–Trinajstić information content (AvgIpc) is 2.38. The van der Waals surface area contributed by atoms with Gasteiger partial charge in [-0.05, 0) is 49.6 Å². The van der Waals surface area contributed by atoms with Gasteiger partial charge in [0.05, 0.1) is 0 Å². The minimum absolute atomic E-state index is 0.161. The first-order valence-electron chi connectivity index (χ1n) is 6.75. The zero-order valence-electron chi connectivity index (χ0n) is 12.0. The predicted molar refractivity (Wildman–Crippen MR) is 87.6 cm³/mol. The summed E-state index contributed by atoms with van der Waals surface area (Å²) in [6.07, 6.45) is 0. The van der Waals surface area contributed by atoms with Gasteiger partial charge in [0.15, 0.2) is 0 Å². The van der Waals surface area contributed by atoms with Gasteiger partial charge < -0.3 is 5.32 Å². The maximum atomic E-state index is 6.26. The first-order chi connectivity index (χ1) is 9.49. The van der Waals surface area contributed by atoms with Gasteiger partial charge in [0.1, 0.15) is 0 Å². The summed E-state index contributed by atoms with van der Waals surface area (Å²) in [5.41, 5.74) is 3.67. The maximum Gasteiger partial charge on any atom is 0.0468 e. The summed E-state index contributed by atoms with van der Waals surface area (Å²) in [5.74, 6) is 0. The molecule has 20 heavy (non-hydrogen) atoms. The van der Waals surface area contributed by atoms with Crippen molar-refractivity contribution in [2.24, 2.45) is 0 Å². The van der Waals surface area contributed by atoms with E-state index < -0.39 is 0 Å². The molecule has 0 aliphatic carbocycles. The predicted octanol–water partition coefficient (Wildman–Crippen LogP) is 5.71. The lowest BCUT2D eigenvalue weighted by molar-refractivity contribution is 0.493. The van der Waals surface area contributed by atoms with E-state index in [9.17, 15) is 0 Å². The summed E-state index contributed by atoms with van der Waals surface area (Å²) in [6, 6.07) is 14.5. The lowest BCUT2D eigenvalue weighted by Gasteiger charge is -2.23. The number of halogens is 2. The Morgan fingerprint density at radius 1 is 0.900 bits per heavy atom. The Morgan fingerprint density at radius 3 is 2.20 bits per heavy atom. The van der Waals surface area contributed by atoms with Gasteiger partial charge in [0.2, 0.25) is 0 Å². The van der Waals surface area contributed by atoms with Crippen LogP contribution >= 0.6 is 23.2 Å². The zero-order chi connectivity index (χ0) is 14.7. The van der Waals surface area contributed by atoms with E-state index in [2.05, 4.69) is 50.4 Å². The van der Waals surface area contributed by atoms with Crippen LogP contribution in [0.3, 0.4) is 0 Å². The van der Waals surface area contributed by atoms with Crippen molar-refractivity contribution in [3.63, 3.8) is 0 Å². The Hall–Kier alpha value is -1.02. The topological polar surface area (TPSA) is 12.0 Å². The highest BCUT2D eigenvalue weighted by Gasteiger charge is 2.14. The van der Waals surface area contributed by atoms with Gasteiger partial charge in [0, 0.05) is 22.1 Å². The van der Waals surface area contributed by atoms with Crippen molar-refractivity contribution in [2.75, 3.05) is 0 Å². The van der Waals surface area contributed by atoms with Crippen molar-refractivity contribution < 1.29 is 0 Å². The maximum absolute atomic E-state index is 6.26. The van der Waals surface area contributed by atoms with E-state index in [0.29, 0.717) is 10.0 Å². The number of aryl methyl sites for hydroxylation is 1. The van der Waals surface area contributed by atoms with Crippen molar-refractivity contribution in [1.82, 2.24) is 5.32 Å². The zero-order valence-corrected chi connectivity index (χ0v) is 13.5. The minimum atomic E-state index is 0.161. The lowest BCUT2D eigenvalue weighted by atomic mass is 10.0. The van der Waals surface area contributed by atoms with Gasteiger partial charge in [-0.25, -0.2) is 0 Å². The number of benzene rings is 2. The van der Waals surface area contributed by atoms with Crippen LogP contribution < -0.4 is 5.32 Å². The molecule has 0 saturated heterocycles. The highest BCUT2D eigenvalue weighted by atomic mass is 35.5. The average molecular weight is 308 g/mol. The standard InChI is InChI=1S/C17H19Cl2N/c1-11-6-4-5-7-15(11)12(2)20-13(3)16-9-8-14(18)10-17(16)19/h4-10,12-13,20H,1-3H3. The van der Waals surface area contributed by atoms with Crippen molar-refractivity contribution >= 4 is 23.2 Å². The molecule has 1 N–H and O–H groups in total. The molecule has 0 amide bonds. The third-order valence-corrected chi connectivity index (χ3v) is 4.15. The molecule has 2 aromatic carbocycles. The highest BCUT2D eigenvalue weighted by Crippen LogP contribution is 2.28. The lowest BCUT2D eigenvalue weighted by Crippen LogP contribution is -2.23. The molecular formula is C17H19Cl2N. The molecule has 0 bridgehead atoms. The number of hydrogen-bond acceptors (Lipinski definition) is 1. The third-order valence-electron chi connectivity index (χ3n) is 3.58. The van der Waals surface area contributed by atoms with Crippen LogP contribution in [0.1, 0.15) is 42.6 Å². The van der Waals surface area contributed by atoms with Gasteiger partial charge in [-0.3, -0.25) is 0 Å². The van der Waals surface area contributed by atoms with Crippen LogP contribution in [0.15, 0.2) is 42.5 Å². The minimum Gasteiger partial charge on any atom is -0.304 e. The van der Waals surface area contributed by atoms with E-state index in [1.54, 1.807) is 6.07 Å². The van der Waals surface area contributed by atoms with Gasteiger partial charge in [0.25, 0.3) is 0 Å². The van der Waals surface area contributed by atoms with E-state index >= 15 is 0 Å². The molecule has 2 unspecified atom stereocenters. The Kier molecular flexibility index (Phi) is 5.09. The summed E-state index contributed by atoms with van der Waals surface area (Å²) in [7, 11) is 0. The second-order valence-electron chi connectivity index (χ2n) is 5.13. The molecule has 0 spiro atoms. The monoisotopic (exact) mass is 307 g/mol. The van der Waals surface area contributed by atoms with Crippen LogP contribution in [-0.4, -0.2) is 0 Å². The molecule has 0 aliphatic heterocycles. The van der Waals surface area contributed by atoms with Crippen LogP contribution in [-0.2, 0) is 0 Å². The molecule has 0 heterocycles. The molecule has 2 aromatic rings. The summed E-state index contributed by atoms with van der Waals surface area (Å²) >= 11 is 12.2. The van der Waals surface area contributed by atoms with Crippen LogP contribution in [0, 0.1) is 6.92 Å². The van der Waals surface area contributed by atoms with Crippen LogP contribution in [0.4, 0.5) is 0 Å². The summed E-state index contributed by atoms with van der Waals surface area (Å²) in [6.45, 7) is 6.42. The number of nitrogens with one attached hydrogen (secondary N) is 1.